The molecule has 5 nitrogen and oxygen atoms in total. The van der Waals surface area contributed by atoms with Crippen LogP contribution in [-0.4, -0.2) is 27.1 Å². The van der Waals surface area contributed by atoms with Gasteiger partial charge in [-0.1, -0.05) is 0 Å². The van der Waals surface area contributed by atoms with Crippen molar-refractivity contribution in [2.45, 2.75) is 25.3 Å². The summed E-state index contributed by atoms with van der Waals surface area (Å²) in [5.41, 5.74) is -1.08. The quantitative estimate of drug-likeness (QED) is 0.775. The highest BCUT2D eigenvalue weighted by molar-refractivity contribution is 6.18. The van der Waals surface area contributed by atoms with E-state index >= 15 is 0 Å². The molecular formula is C11H15ClN2O3. The summed E-state index contributed by atoms with van der Waals surface area (Å²) in [5.74, 6) is 0.387. The van der Waals surface area contributed by atoms with Gasteiger partial charge < -0.3 is 5.11 Å². The third kappa shape index (κ3) is 2.30. The van der Waals surface area contributed by atoms with E-state index in [0.717, 1.165) is 12.8 Å². The van der Waals surface area contributed by atoms with Crippen LogP contribution in [0.5, 0.6) is 0 Å². The Labute approximate surface area is 103 Å². The molecule has 0 bridgehead atoms. The fourth-order valence-corrected chi connectivity index (χ4v) is 2.76. The van der Waals surface area contributed by atoms with Gasteiger partial charge in [0.15, 0.2) is 0 Å². The van der Waals surface area contributed by atoms with Crippen LogP contribution in [0.3, 0.4) is 0 Å². The summed E-state index contributed by atoms with van der Waals surface area (Å²) in [7, 11) is 0. The first-order valence-corrected chi connectivity index (χ1v) is 6.12. The number of rotatable bonds is 3. The number of alkyl halides is 1. The number of hydrogen-bond donors (Lipinski definition) is 2. The molecule has 1 aromatic rings. The third-order valence-electron chi connectivity index (χ3n) is 3.54. The summed E-state index contributed by atoms with van der Waals surface area (Å²) in [5, 5.41) is 9.36. The molecule has 2 rings (SSSR count). The van der Waals surface area contributed by atoms with E-state index in [2.05, 4.69) is 4.98 Å². The van der Waals surface area contributed by atoms with Crippen LogP contribution in [0.25, 0.3) is 0 Å². The smallest absolute Gasteiger partial charge is 0.328 e. The molecule has 0 spiro atoms. The first-order chi connectivity index (χ1) is 8.10. The molecule has 0 unspecified atom stereocenters. The van der Waals surface area contributed by atoms with Gasteiger partial charge in [-0.2, -0.15) is 0 Å². The summed E-state index contributed by atoms with van der Waals surface area (Å²) >= 11 is 5.88. The number of H-pyrrole nitrogens is 1. The molecule has 2 N–H and O–H groups in total. The molecule has 1 aromatic heterocycles. The van der Waals surface area contributed by atoms with Crippen LogP contribution in [0, 0.1) is 5.41 Å². The molecule has 0 aromatic carbocycles. The monoisotopic (exact) mass is 258 g/mol. The summed E-state index contributed by atoms with van der Waals surface area (Å²) in [6, 6.07) is 1.34. The number of aromatic amines is 1. The Balaban J connectivity index is 2.26. The van der Waals surface area contributed by atoms with Crippen molar-refractivity contribution in [1.82, 2.24) is 9.55 Å². The highest BCUT2D eigenvalue weighted by Gasteiger charge is 2.39. The largest absolute Gasteiger partial charge is 0.396 e. The van der Waals surface area contributed by atoms with Crippen molar-refractivity contribution in [3.8, 4) is 0 Å². The molecule has 1 heterocycles. The molecule has 2 atom stereocenters. The number of nitrogens with one attached hydrogen (secondary N) is 1. The molecule has 1 fully saturated rings. The SMILES string of the molecule is O=c1ccn([C@H]2CC[C@](CO)(CCl)C2)c(=O)[nH]1. The molecule has 0 saturated heterocycles. The lowest BCUT2D eigenvalue weighted by Crippen LogP contribution is -2.32. The second-order valence-electron chi connectivity index (χ2n) is 4.71. The topological polar surface area (TPSA) is 75.1 Å². The normalized spacial score (nSPS) is 28.5. The number of nitrogens with zero attached hydrogens (tertiary/aromatic N) is 1. The zero-order chi connectivity index (χ0) is 12.5. The third-order valence-corrected chi connectivity index (χ3v) is 4.11. The lowest BCUT2D eigenvalue weighted by Gasteiger charge is -2.23. The molecular weight excluding hydrogens is 244 g/mol. The van der Waals surface area contributed by atoms with Gasteiger partial charge in [0.1, 0.15) is 0 Å². The Morgan fingerprint density at radius 3 is 2.88 bits per heavy atom. The Kier molecular flexibility index (Phi) is 3.40. The molecule has 94 valence electrons. The van der Waals surface area contributed by atoms with Gasteiger partial charge in [-0.3, -0.25) is 14.3 Å². The Morgan fingerprint density at radius 1 is 1.59 bits per heavy atom. The second-order valence-corrected chi connectivity index (χ2v) is 4.97. The fourth-order valence-electron chi connectivity index (χ4n) is 2.44. The first kappa shape index (κ1) is 12.4. The summed E-state index contributed by atoms with van der Waals surface area (Å²) in [6.45, 7) is 0.0328. The van der Waals surface area contributed by atoms with Crippen molar-refractivity contribution in [1.29, 1.82) is 0 Å². The van der Waals surface area contributed by atoms with Crippen molar-refractivity contribution in [2.24, 2.45) is 5.41 Å². The van der Waals surface area contributed by atoms with E-state index in [1.165, 1.54) is 16.8 Å². The van der Waals surface area contributed by atoms with Crippen molar-refractivity contribution in [3.05, 3.63) is 33.1 Å². The molecule has 1 aliphatic rings. The lowest BCUT2D eigenvalue weighted by molar-refractivity contribution is 0.147. The van der Waals surface area contributed by atoms with Crippen molar-refractivity contribution in [3.63, 3.8) is 0 Å². The van der Waals surface area contributed by atoms with Crippen LogP contribution in [0.4, 0.5) is 0 Å². The van der Waals surface area contributed by atoms with Crippen LogP contribution < -0.4 is 11.2 Å². The highest BCUT2D eigenvalue weighted by Crippen LogP contribution is 2.44. The first-order valence-electron chi connectivity index (χ1n) is 5.58. The highest BCUT2D eigenvalue weighted by atomic mass is 35.5. The Hall–Kier alpha value is -1.07. The molecule has 0 radical (unpaired) electrons. The van der Waals surface area contributed by atoms with Crippen molar-refractivity contribution < 1.29 is 5.11 Å². The van der Waals surface area contributed by atoms with Gasteiger partial charge in [0.25, 0.3) is 5.56 Å². The van der Waals surface area contributed by atoms with Crippen LogP contribution in [0.2, 0.25) is 0 Å². The maximum absolute atomic E-state index is 11.6. The minimum Gasteiger partial charge on any atom is -0.396 e. The molecule has 6 heteroatoms. The van der Waals surface area contributed by atoms with E-state index in [1.54, 1.807) is 0 Å². The molecule has 1 saturated carbocycles. The molecule has 0 aliphatic heterocycles. The average molecular weight is 259 g/mol. The van der Waals surface area contributed by atoms with Crippen LogP contribution >= 0.6 is 11.6 Å². The van der Waals surface area contributed by atoms with Gasteiger partial charge in [-0.15, -0.1) is 11.6 Å². The van der Waals surface area contributed by atoms with Crippen LogP contribution in [0.1, 0.15) is 25.3 Å². The Morgan fingerprint density at radius 2 is 2.35 bits per heavy atom. The van der Waals surface area contributed by atoms with Gasteiger partial charge in [0.05, 0.1) is 0 Å². The number of aliphatic hydroxyl groups excluding tert-OH is 1. The van der Waals surface area contributed by atoms with Gasteiger partial charge >= 0.3 is 5.69 Å². The van der Waals surface area contributed by atoms with E-state index in [0.29, 0.717) is 12.3 Å². The lowest BCUT2D eigenvalue weighted by atomic mass is 9.89. The molecule has 17 heavy (non-hydrogen) atoms. The number of hydrogen-bond acceptors (Lipinski definition) is 3. The van der Waals surface area contributed by atoms with Crippen molar-refractivity contribution in [2.75, 3.05) is 12.5 Å². The van der Waals surface area contributed by atoms with E-state index in [1.807, 2.05) is 0 Å². The van der Waals surface area contributed by atoms with Gasteiger partial charge in [0, 0.05) is 36.2 Å². The van der Waals surface area contributed by atoms with Gasteiger partial charge in [-0.05, 0) is 19.3 Å². The average Bonchev–Trinajstić information content (AvgIpc) is 2.74. The zero-order valence-corrected chi connectivity index (χ0v) is 10.1. The van der Waals surface area contributed by atoms with E-state index in [9.17, 15) is 14.7 Å². The minimum atomic E-state index is -0.397. The van der Waals surface area contributed by atoms with Gasteiger partial charge in [-0.25, -0.2) is 4.79 Å². The van der Waals surface area contributed by atoms with Crippen LogP contribution in [-0.2, 0) is 0 Å². The predicted molar refractivity (Wildman–Crippen MR) is 64.4 cm³/mol. The molecule has 0 amide bonds. The summed E-state index contributed by atoms with van der Waals surface area (Å²) in [4.78, 5) is 24.8. The van der Waals surface area contributed by atoms with E-state index < -0.39 is 11.2 Å². The van der Waals surface area contributed by atoms with E-state index in [-0.39, 0.29) is 18.1 Å². The minimum absolute atomic E-state index is 0.00486. The zero-order valence-electron chi connectivity index (χ0n) is 9.36. The van der Waals surface area contributed by atoms with Crippen molar-refractivity contribution >= 4 is 11.6 Å². The Bertz CT molecular complexity index is 504. The van der Waals surface area contributed by atoms with Crippen LogP contribution in [0.15, 0.2) is 21.9 Å². The summed E-state index contributed by atoms with van der Waals surface area (Å²) in [6.07, 6.45) is 3.76. The maximum Gasteiger partial charge on any atom is 0.328 e. The molecule has 1 aliphatic carbocycles. The number of aromatic nitrogens is 2. The number of halogens is 1. The van der Waals surface area contributed by atoms with E-state index in [4.69, 9.17) is 11.6 Å². The fraction of sp³-hybridized carbons (Fsp3) is 0.636. The summed E-state index contributed by atoms with van der Waals surface area (Å²) < 4.78 is 1.52. The predicted octanol–water partition coefficient (Wildman–Crippen LogP) is 0.479. The second kappa shape index (κ2) is 4.66. The maximum atomic E-state index is 11.6. The standard InChI is InChI=1S/C11H15ClN2O3/c12-6-11(7-15)3-1-8(5-11)14-4-2-9(16)13-10(14)17/h2,4,8,15H,1,3,5-7H2,(H,13,16,17)/t8-,11+/m0/s1. The number of aliphatic hydroxyl groups is 1. The van der Waals surface area contributed by atoms with Gasteiger partial charge in [0.2, 0.25) is 0 Å².